The highest BCUT2D eigenvalue weighted by Gasteiger charge is 2.47. The molecule has 0 radical (unpaired) electrons. The quantitative estimate of drug-likeness (QED) is 0.427. The highest BCUT2D eigenvalue weighted by atomic mass is 127. The van der Waals surface area contributed by atoms with Gasteiger partial charge in [0.2, 0.25) is 0 Å². The fourth-order valence-corrected chi connectivity index (χ4v) is 4.57. The number of halogens is 3. The zero-order valence-corrected chi connectivity index (χ0v) is 13.8. The van der Waals surface area contributed by atoms with E-state index in [4.69, 9.17) is 4.74 Å². The van der Waals surface area contributed by atoms with Gasteiger partial charge in [0.25, 0.3) is 0 Å². The molecule has 2 bridgehead atoms. The van der Waals surface area contributed by atoms with Crippen LogP contribution in [0.3, 0.4) is 0 Å². The van der Waals surface area contributed by atoms with Crippen LogP contribution in [-0.4, -0.2) is 33.6 Å². The van der Waals surface area contributed by atoms with Crippen LogP contribution in [0.15, 0.2) is 18.2 Å². The van der Waals surface area contributed by atoms with Crippen LogP contribution in [0.2, 0.25) is 0 Å². The van der Waals surface area contributed by atoms with Crippen LogP contribution < -0.4 is 0 Å². The first-order chi connectivity index (χ1) is 9.86. The van der Waals surface area contributed by atoms with E-state index in [0.29, 0.717) is 12.1 Å². The van der Waals surface area contributed by atoms with Gasteiger partial charge < -0.3 is 9.64 Å². The minimum Gasteiger partial charge on any atom is -0.445 e. The molecule has 0 amide bonds. The fraction of sp³-hybridized carbons (Fsp3) is 0.533. The van der Waals surface area contributed by atoms with Crippen LogP contribution in [0.1, 0.15) is 36.0 Å². The average molecular weight is 407 g/mol. The summed E-state index contributed by atoms with van der Waals surface area (Å²) in [5, 5.41) is 0. The van der Waals surface area contributed by atoms with Crippen LogP contribution in [0.25, 0.3) is 0 Å². The minimum atomic E-state index is -0.770. The lowest BCUT2D eigenvalue weighted by molar-refractivity contribution is -0.00843. The summed E-state index contributed by atoms with van der Waals surface area (Å²) in [6.45, 7) is 0. The number of piperidine rings is 1. The third-order valence-corrected chi connectivity index (χ3v) is 5.54. The van der Waals surface area contributed by atoms with Crippen LogP contribution in [-0.2, 0) is 4.74 Å². The number of carbonyl (C=O) groups excluding carboxylic acids is 1. The van der Waals surface area contributed by atoms with E-state index in [2.05, 4.69) is 34.5 Å². The van der Waals surface area contributed by atoms with Crippen LogP contribution >= 0.6 is 22.6 Å². The standard InChI is InChI=1S/C15H16F2INO2/c1-19-12-2-3-13(19)8-15(18,7-12)21-14(20)9-4-10(16)6-11(17)5-9/h4-6,12-13H,2-3,7-8H2,1H3/t12-,13+,15?. The van der Waals surface area contributed by atoms with Gasteiger partial charge in [0.05, 0.1) is 5.56 Å². The number of nitrogens with zero attached hydrogens (tertiary/aromatic N) is 1. The number of ether oxygens (including phenoxy) is 1. The summed E-state index contributed by atoms with van der Waals surface area (Å²) in [5.41, 5.74) is -0.0742. The second kappa shape index (κ2) is 5.46. The molecular formula is C15H16F2INO2. The molecule has 1 aromatic rings. The van der Waals surface area contributed by atoms with Crippen molar-refractivity contribution in [2.75, 3.05) is 7.05 Å². The van der Waals surface area contributed by atoms with E-state index in [0.717, 1.165) is 43.9 Å². The summed E-state index contributed by atoms with van der Waals surface area (Å²) in [4.78, 5) is 14.5. The van der Waals surface area contributed by atoms with Crippen molar-refractivity contribution in [2.45, 2.75) is 41.4 Å². The molecule has 0 N–H and O–H groups in total. The molecule has 0 aromatic heterocycles. The number of rotatable bonds is 2. The number of hydrogen-bond acceptors (Lipinski definition) is 3. The van der Waals surface area contributed by atoms with E-state index >= 15 is 0 Å². The average Bonchev–Trinajstić information content (AvgIpc) is 2.60. The summed E-state index contributed by atoms with van der Waals surface area (Å²) < 4.78 is 31.4. The molecule has 1 unspecified atom stereocenters. The summed E-state index contributed by atoms with van der Waals surface area (Å²) in [6.07, 6.45) is 3.73. The van der Waals surface area contributed by atoms with Crippen molar-refractivity contribution in [1.29, 1.82) is 0 Å². The summed E-state index contributed by atoms with van der Waals surface area (Å²) in [5.74, 6) is -2.20. The Kier molecular flexibility index (Phi) is 3.94. The molecule has 2 saturated heterocycles. The largest absolute Gasteiger partial charge is 0.445 e. The van der Waals surface area contributed by atoms with Crippen LogP contribution in [0.4, 0.5) is 8.78 Å². The minimum absolute atomic E-state index is 0.0742. The Morgan fingerprint density at radius 2 is 1.76 bits per heavy atom. The van der Waals surface area contributed by atoms with E-state index in [1.54, 1.807) is 0 Å². The Balaban J connectivity index is 1.75. The molecule has 2 aliphatic heterocycles. The van der Waals surface area contributed by atoms with Crippen molar-refractivity contribution in [2.24, 2.45) is 0 Å². The van der Waals surface area contributed by atoms with Gasteiger partial charge in [0, 0.05) is 31.0 Å². The number of carbonyl (C=O) groups is 1. The van der Waals surface area contributed by atoms with E-state index in [-0.39, 0.29) is 5.56 Å². The maximum Gasteiger partial charge on any atom is 0.339 e. The van der Waals surface area contributed by atoms with Crippen molar-refractivity contribution in [3.63, 3.8) is 0 Å². The molecule has 1 aromatic carbocycles. The second-order valence-electron chi connectivity index (χ2n) is 5.89. The van der Waals surface area contributed by atoms with E-state index in [1.807, 2.05) is 0 Å². The van der Waals surface area contributed by atoms with Crippen LogP contribution in [0.5, 0.6) is 0 Å². The first-order valence-corrected chi connectivity index (χ1v) is 8.04. The monoisotopic (exact) mass is 407 g/mol. The number of alkyl halides is 1. The molecule has 0 saturated carbocycles. The Hall–Kier alpha value is -0.760. The van der Waals surface area contributed by atoms with Crippen molar-refractivity contribution in [3.05, 3.63) is 35.4 Å². The summed E-state index contributed by atoms with van der Waals surface area (Å²) in [6, 6.07) is 3.59. The van der Waals surface area contributed by atoms with Gasteiger partial charge in [-0.25, -0.2) is 13.6 Å². The van der Waals surface area contributed by atoms with Gasteiger partial charge in [0.1, 0.15) is 11.6 Å². The predicted octanol–water partition coefficient (Wildman–Crippen LogP) is 3.51. The smallest absolute Gasteiger partial charge is 0.339 e. The van der Waals surface area contributed by atoms with Crippen LogP contribution in [0, 0.1) is 11.6 Å². The molecule has 3 nitrogen and oxygen atoms in total. The first-order valence-electron chi connectivity index (χ1n) is 6.97. The van der Waals surface area contributed by atoms with E-state index in [9.17, 15) is 13.6 Å². The normalized spacial score (nSPS) is 32.2. The highest BCUT2D eigenvalue weighted by Crippen LogP contribution is 2.45. The van der Waals surface area contributed by atoms with Gasteiger partial charge in [-0.1, -0.05) is 0 Å². The van der Waals surface area contributed by atoms with Gasteiger partial charge in [0.15, 0.2) is 3.61 Å². The lowest BCUT2D eigenvalue weighted by Gasteiger charge is -2.41. The third kappa shape index (κ3) is 3.06. The van der Waals surface area contributed by atoms with Crippen molar-refractivity contribution in [1.82, 2.24) is 4.90 Å². The number of benzene rings is 1. The Bertz CT molecular complexity index is 547. The third-order valence-electron chi connectivity index (χ3n) is 4.44. The Morgan fingerprint density at radius 1 is 1.24 bits per heavy atom. The van der Waals surface area contributed by atoms with Crippen molar-refractivity contribution >= 4 is 28.6 Å². The molecule has 3 atom stereocenters. The Labute approximate surface area is 135 Å². The molecule has 114 valence electrons. The number of fused-ring (bicyclic) bond motifs is 2. The molecule has 2 heterocycles. The maximum absolute atomic E-state index is 13.2. The highest BCUT2D eigenvalue weighted by molar-refractivity contribution is 14.1. The lowest BCUT2D eigenvalue weighted by atomic mass is 10.0. The zero-order valence-electron chi connectivity index (χ0n) is 11.6. The second-order valence-corrected chi connectivity index (χ2v) is 7.86. The van der Waals surface area contributed by atoms with Gasteiger partial charge in [-0.2, -0.15) is 0 Å². The van der Waals surface area contributed by atoms with E-state index < -0.39 is 21.2 Å². The molecule has 3 rings (SSSR count). The summed E-state index contributed by atoms with van der Waals surface area (Å²) >= 11 is 2.17. The lowest BCUT2D eigenvalue weighted by Crippen LogP contribution is -2.48. The van der Waals surface area contributed by atoms with E-state index in [1.165, 1.54) is 0 Å². The van der Waals surface area contributed by atoms with Gasteiger partial charge >= 0.3 is 5.97 Å². The number of esters is 1. The molecule has 2 fully saturated rings. The van der Waals surface area contributed by atoms with Gasteiger partial charge in [-0.05, 0) is 54.6 Å². The molecule has 0 spiro atoms. The maximum atomic E-state index is 13.2. The fourth-order valence-electron chi connectivity index (χ4n) is 3.35. The predicted molar refractivity (Wildman–Crippen MR) is 82.3 cm³/mol. The number of hydrogen-bond donors (Lipinski definition) is 0. The topological polar surface area (TPSA) is 29.5 Å². The first kappa shape index (κ1) is 15.1. The molecule has 0 aliphatic carbocycles. The van der Waals surface area contributed by atoms with Crippen molar-refractivity contribution < 1.29 is 18.3 Å². The summed E-state index contributed by atoms with van der Waals surface area (Å²) in [7, 11) is 2.10. The molecular weight excluding hydrogens is 391 g/mol. The molecule has 6 heteroatoms. The van der Waals surface area contributed by atoms with Gasteiger partial charge in [-0.15, -0.1) is 0 Å². The van der Waals surface area contributed by atoms with Crippen molar-refractivity contribution in [3.8, 4) is 0 Å². The zero-order chi connectivity index (χ0) is 15.2. The van der Waals surface area contributed by atoms with Gasteiger partial charge in [-0.3, -0.25) is 0 Å². The SMILES string of the molecule is CN1[C@@H]2CC[C@H]1CC(I)(OC(=O)c1cc(F)cc(F)c1)C2. The Morgan fingerprint density at radius 3 is 2.29 bits per heavy atom. The molecule has 21 heavy (non-hydrogen) atoms. The molecule has 2 aliphatic rings.